The molecular weight excluding hydrogens is 320 g/mol. The maximum atomic E-state index is 12.0. The normalized spacial score (nSPS) is 14.6. The second-order valence-electron chi connectivity index (χ2n) is 5.20. The van der Waals surface area contributed by atoms with Gasteiger partial charge in [-0.15, -0.1) is 0 Å². The van der Waals surface area contributed by atoms with Gasteiger partial charge in [0.2, 0.25) is 5.91 Å². The van der Waals surface area contributed by atoms with Crippen LogP contribution in [-0.4, -0.2) is 19.1 Å². The van der Waals surface area contributed by atoms with Gasteiger partial charge in [0.25, 0.3) is 0 Å². The summed E-state index contributed by atoms with van der Waals surface area (Å²) in [6, 6.07) is 4.09. The first-order chi connectivity index (χ1) is 9.61. The first kappa shape index (κ1) is 15.3. The molecule has 0 bridgehead atoms. The van der Waals surface area contributed by atoms with E-state index in [1.165, 1.54) is 5.56 Å². The summed E-state index contributed by atoms with van der Waals surface area (Å²) in [5.74, 6) is 1.01. The summed E-state index contributed by atoms with van der Waals surface area (Å²) in [4.78, 5) is 12.0. The summed E-state index contributed by atoms with van der Waals surface area (Å²) in [6.45, 7) is 3.80. The quantitative estimate of drug-likeness (QED) is 0.835. The summed E-state index contributed by atoms with van der Waals surface area (Å²) in [7, 11) is 0. The lowest BCUT2D eigenvalue weighted by molar-refractivity contribution is -0.124. The minimum atomic E-state index is -0.000306. The van der Waals surface area contributed by atoms with Crippen LogP contribution in [0.15, 0.2) is 16.6 Å². The Kier molecular flexibility index (Phi) is 5.43. The fraction of sp³-hybridized carbons (Fsp3) is 0.533. The summed E-state index contributed by atoms with van der Waals surface area (Å²) in [6.07, 6.45) is 2.64. The third-order valence-electron chi connectivity index (χ3n) is 3.57. The van der Waals surface area contributed by atoms with Crippen molar-refractivity contribution in [3.63, 3.8) is 0 Å². The molecule has 5 heteroatoms. The molecule has 0 saturated carbocycles. The van der Waals surface area contributed by atoms with E-state index in [9.17, 15) is 4.79 Å². The first-order valence-corrected chi connectivity index (χ1v) is 7.83. The number of benzene rings is 1. The van der Waals surface area contributed by atoms with Crippen LogP contribution in [0, 0.1) is 5.92 Å². The second-order valence-corrected chi connectivity index (χ2v) is 6.12. The summed E-state index contributed by atoms with van der Waals surface area (Å²) < 4.78 is 6.68. The molecule has 0 aliphatic carbocycles. The largest absolute Gasteiger partial charge is 0.493 e. The van der Waals surface area contributed by atoms with Gasteiger partial charge in [0.15, 0.2) is 0 Å². The zero-order chi connectivity index (χ0) is 14.5. The molecule has 1 aromatic rings. The Morgan fingerprint density at radius 3 is 3.10 bits per heavy atom. The summed E-state index contributed by atoms with van der Waals surface area (Å²) in [5, 5.41) is 2.98. The van der Waals surface area contributed by atoms with Crippen molar-refractivity contribution >= 4 is 21.8 Å². The zero-order valence-electron chi connectivity index (χ0n) is 11.7. The van der Waals surface area contributed by atoms with Crippen LogP contribution in [0.5, 0.6) is 5.75 Å². The molecule has 0 saturated heterocycles. The molecule has 1 amide bonds. The van der Waals surface area contributed by atoms with Crippen LogP contribution in [0.2, 0.25) is 0 Å². The van der Waals surface area contributed by atoms with Crippen LogP contribution in [0.4, 0.5) is 0 Å². The van der Waals surface area contributed by atoms with Gasteiger partial charge in [-0.2, -0.15) is 0 Å². The highest BCUT2D eigenvalue weighted by Gasteiger charge is 2.18. The van der Waals surface area contributed by atoms with Crippen molar-refractivity contribution < 1.29 is 9.53 Å². The molecule has 20 heavy (non-hydrogen) atoms. The summed E-state index contributed by atoms with van der Waals surface area (Å²) in [5.41, 5.74) is 7.71. The van der Waals surface area contributed by atoms with Crippen LogP contribution >= 0.6 is 15.9 Å². The van der Waals surface area contributed by atoms with Crippen molar-refractivity contribution in [3.05, 3.63) is 27.7 Å². The molecule has 0 spiro atoms. The van der Waals surface area contributed by atoms with Gasteiger partial charge in [-0.1, -0.05) is 22.9 Å². The third kappa shape index (κ3) is 3.73. The lowest BCUT2D eigenvalue weighted by Gasteiger charge is -2.13. The van der Waals surface area contributed by atoms with Gasteiger partial charge in [0.05, 0.1) is 6.61 Å². The molecule has 0 aromatic heterocycles. The van der Waals surface area contributed by atoms with E-state index in [4.69, 9.17) is 10.5 Å². The van der Waals surface area contributed by atoms with Gasteiger partial charge in [0, 0.05) is 28.9 Å². The minimum Gasteiger partial charge on any atom is -0.493 e. The number of nitrogens with one attached hydrogen (secondary N) is 1. The van der Waals surface area contributed by atoms with E-state index in [1.54, 1.807) is 0 Å². The fourth-order valence-corrected chi connectivity index (χ4v) is 2.94. The Morgan fingerprint density at radius 1 is 1.55 bits per heavy atom. The molecule has 2 rings (SSSR count). The molecule has 1 atom stereocenters. The first-order valence-electron chi connectivity index (χ1n) is 7.03. The highest BCUT2D eigenvalue weighted by molar-refractivity contribution is 9.10. The fourth-order valence-electron chi connectivity index (χ4n) is 2.39. The SMILES string of the molecule is CC(CCCN)C(=O)NCc1cc(Br)cc2c1OCC2. The van der Waals surface area contributed by atoms with E-state index in [0.29, 0.717) is 13.1 Å². The summed E-state index contributed by atoms with van der Waals surface area (Å²) >= 11 is 3.50. The average molecular weight is 341 g/mol. The number of carbonyl (C=O) groups excluding carboxylic acids is 1. The Labute approximate surface area is 128 Å². The molecule has 1 heterocycles. The van der Waals surface area contributed by atoms with E-state index >= 15 is 0 Å². The average Bonchev–Trinajstić information content (AvgIpc) is 2.89. The monoisotopic (exact) mass is 340 g/mol. The smallest absolute Gasteiger partial charge is 0.223 e. The van der Waals surface area contributed by atoms with Crippen molar-refractivity contribution in [2.45, 2.75) is 32.7 Å². The lowest BCUT2D eigenvalue weighted by Crippen LogP contribution is -2.29. The van der Waals surface area contributed by atoms with Crippen LogP contribution in [0.1, 0.15) is 30.9 Å². The van der Waals surface area contributed by atoms with E-state index in [0.717, 1.165) is 41.7 Å². The van der Waals surface area contributed by atoms with Crippen molar-refractivity contribution in [1.82, 2.24) is 5.32 Å². The number of amides is 1. The molecule has 1 aromatic carbocycles. The van der Waals surface area contributed by atoms with Crippen LogP contribution < -0.4 is 15.8 Å². The number of fused-ring (bicyclic) bond motifs is 1. The van der Waals surface area contributed by atoms with Gasteiger partial charge in [-0.25, -0.2) is 0 Å². The zero-order valence-corrected chi connectivity index (χ0v) is 13.3. The topological polar surface area (TPSA) is 64.4 Å². The van der Waals surface area contributed by atoms with Crippen molar-refractivity contribution in [2.24, 2.45) is 11.7 Å². The Bertz CT molecular complexity index is 491. The van der Waals surface area contributed by atoms with Gasteiger partial charge in [-0.05, 0) is 37.1 Å². The third-order valence-corrected chi connectivity index (χ3v) is 4.03. The molecule has 1 aliphatic rings. The van der Waals surface area contributed by atoms with E-state index in [2.05, 4.69) is 27.3 Å². The molecule has 1 unspecified atom stereocenters. The standard InChI is InChI=1S/C15H21BrN2O2/c1-10(3-2-5-17)15(19)18-9-12-8-13(16)7-11-4-6-20-14(11)12/h7-8,10H,2-6,9,17H2,1H3,(H,18,19). The number of hydrogen-bond donors (Lipinski definition) is 2. The van der Waals surface area contributed by atoms with Crippen molar-refractivity contribution in [3.8, 4) is 5.75 Å². The number of carbonyl (C=O) groups is 1. The van der Waals surface area contributed by atoms with Gasteiger partial charge in [0.1, 0.15) is 5.75 Å². The van der Waals surface area contributed by atoms with E-state index in [1.807, 2.05) is 13.0 Å². The lowest BCUT2D eigenvalue weighted by atomic mass is 10.0. The maximum Gasteiger partial charge on any atom is 0.223 e. The highest BCUT2D eigenvalue weighted by atomic mass is 79.9. The number of nitrogens with two attached hydrogens (primary N) is 1. The molecule has 110 valence electrons. The molecule has 1 aliphatic heterocycles. The molecule has 3 N–H and O–H groups in total. The second kappa shape index (κ2) is 7.09. The van der Waals surface area contributed by atoms with Gasteiger partial charge in [-0.3, -0.25) is 4.79 Å². The van der Waals surface area contributed by atoms with E-state index in [-0.39, 0.29) is 11.8 Å². The van der Waals surface area contributed by atoms with E-state index < -0.39 is 0 Å². The number of halogens is 1. The van der Waals surface area contributed by atoms with Gasteiger partial charge >= 0.3 is 0 Å². The molecule has 0 radical (unpaired) electrons. The van der Waals surface area contributed by atoms with Gasteiger partial charge < -0.3 is 15.8 Å². The predicted molar refractivity (Wildman–Crippen MR) is 82.6 cm³/mol. The highest BCUT2D eigenvalue weighted by Crippen LogP contribution is 2.32. The Hall–Kier alpha value is -1.07. The Balaban J connectivity index is 1.96. The van der Waals surface area contributed by atoms with Crippen molar-refractivity contribution in [2.75, 3.05) is 13.2 Å². The van der Waals surface area contributed by atoms with Crippen LogP contribution in [-0.2, 0) is 17.8 Å². The molecule has 0 fully saturated rings. The molecular formula is C15H21BrN2O2. The predicted octanol–water partition coefficient (Wildman–Crippen LogP) is 2.38. The Morgan fingerprint density at radius 2 is 2.35 bits per heavy atom. The van der Waals surface area contributed by atoms with Crippen LogP contribution in [0.3, 0.4) is 0 Å². The number of ether oxygens (including phenoxy) is 1. The molecule has 4 nitrogen and oxygen atoms in total. The van der Waals surface area contributed by atoms with Crippen LogP contribution in [0.25, 0.3) is 0 Å². The van der Waals surface area contributed by atoms with Crippen molar-refractivity contribution in [1.29, 1.82) is 0 Å². The minimum absolute atomic E-state index is 0.000306. The maximum absolute atomic E-state index is 12.0. The number of rotatable bonds is 6. The number of hydrogen-bond acceptors (Lipinski definition) is 3.